The maximum atomic E-state index is 12.5. The smallest absolute Gasteiger partial charge is 0.255 e. The van der Waals surface area contributed by atoms with Gasteiger partial charge in [-0.1, -0.05) is 18.2 Å². The number of halogens is 1. The molecular weight excluding hydrogens is 304 g/mol. The lowest BCUT2D eigenvalue weighted by molar-refractivity contribution is 0.0749. The highest BCUT2D eigenvalue weighted by molar-refractivity contribution is 9.10. The first-order valence-corrected chi connectivity index (χ1v) is 6.95. The van der Waals surface area contributed by atoms with Crippen molar-refractivity contribution in [2.75, 3.05) is 6.54 Å². The zero-order chi connectivity index (χ0) is 13.7. The SMILES string of the molecule is CCN(Cc1ccccn1)C(=O)c1ccccc1Br. The van der Waals surface area contributed by atoms with E-state index >= 15 is 0 Å². The van der Waals surface area contributed by atoms with Crippen LogP contribution in [0.15, 0.2) is 53.1 Å². The Morgan fingerprint density at radius 1 is 1.21 bits per heavy atom. The number of hydrogen-bond acceptors (Lipinski definition) is 2. The second-order valence-electron chi connectivity index (χ2n) is 4.12. The lowest BCUT2D eigenvalue weighted by atomic mass is 10.2. The van der Waals surface area contributed by atoms with E-state index in [2.05, 4.69) is 20.9 Å². The zero-order valence-electron chi connectivity index (χ0n) is 10.7. The molecule has 0 aliphatic heterocycles. The standard InChI is InChI=1S/C15H15BrN2O/c1-2-18(11-12-7-5-6-10-17-12)15(19)13-8-3-4-9-14(13)16/h3-10H,2,11H2,1H3. The number of benzene rings is 1. The molecule has 1 aromatic carbocycles. The number of carbonyl (C=O) groups is 1. The minimum Gasteiger partial charge on any atom is -0.333 e. The number of pyridine rings is 1. The molecule has 2 rings (SSSR count). The van der Waals surface area contributed by atoms with Gasteiger partial charge in [-0.15, -0.1) is 0 Å². The first kappa shape index (κ1) is 13.7. The van der Waals surface area contributed by atoms with Gasteiger partial charge in [0.05, 0.1) is 17.8 Å². The van der Waals surface area contributed by atoms with Crippen molar-refractivity contribution in [3.05, 3.63) is 64.4 Å². The Hall–Kier alpha value is -1.68. The maximum absolute atomic E-state index is 12.5. The van der Waals surface area contributed by atoms with Crippen molar-refractivity contribution in [2.45, 2.75) is 13.5 Å². The monoisotopic (exact) mass is 318 g/mol. The molecule has 3 nitrogen and oxygen atoms in total. The zero-order valence-corrected chi connectivity index (χ0v) is 12.3. The summed E-state index contributed by atoms with van der Waals surface area (Å²) in [5, 5.41) is 0. The average Bonchev–Trinajstić information content (AvgIpc) is 2.46. The Morgan fingerprint density at radius 2 is 1.95 bits per heavy atom. The molecule has 1 aromatic heterocycles. The molecule has 2 aromatic rings. The average molecular weight is 319 g/mol. The van der Waals surface area contributed by atoms with Gasteiger partial charge >= 0.3 is 0 Å². The number of hydrogen-bond donors (Lipinski definition) is 0. The van der Waals surface area contributed by atoms with Crippen molar-refractivity contribution < 1.29 is 4.79 Å². The molecule has 0 unspecified atom stereocenters. The second kappa shape index (κ2) is 6.48. The van der Waals surface area contributed by atoms with Crippen LogP contribution in [0.2, 0.25) is 0 Å². The van der Waals surface area contributed by atoms with E-state index in [0.717, 1.165) is 10.2 Å². The molecule has 0 aliphatic carbocycles. The molecule has 0 spiro atoms. The van der Waals surface area contributed by atoms with Crippen LogP contribution in [0, 0.1) is 0 Å². The van der Waals surface area contributed by atoms with Crippen LogP contribution in [-0.4, -0.2) is 22.3 Å². The van der Waals surface area contributed by atoms with E-state index in [1.165, 1.54) is 0 Å². The van der Waals surface area contributed by atoms with Crippen LogP contribution in [0.1, 0.15) is 23.0 Å². The lowest BCUT2D eigenvalue weighted by Gasteiger charge is -2.21. The normalized spacial score (nSPS) is 10.2. The van der Waals surface area contributed by atoms with Crippen molar-refractivity contribution in [3.8, 4) is 0 Å². The Bertz CT molecular complexity index is 557. The summed E-state index contributed by atoms with van der Waals surface area (Å²) in [5.74, 6) is 0.0145. The van der Waals surface area contributed by atoms with E-state index in [-0.39, 0.29) is 5.91 Å². The molecular formula is C15H15BrN2O. The van der Waals surface area contributed by atoms with Crippen molar-refractivity contribution >= 4 is 21.8 Å². The van der Waals surface area contributed by atoms with E-state index < -0.39 is 0 Å². The quantitative estimate of drug-likeness (QED) is 0.864. The molecule has 19 heavy (non-hydrogen) atoms. The molecule has 1 amide bonds. The van der Waals surface area contributed by atoms with Crippen molar-refractivity contribution in [3.63, 3.8) is 0 Å². The number of aromatic nitrogens is 1. The van der Waals surface area contributed by atoms with Crippen LogP contribution >= 0.6 is 15.9 Å². The van der Waals surface area contributed by atoms with E-state index in [1.807, 2.05) is 49.4 Å². The Labute approximate surface area is 121 Å². The van der Waals surface area contributed by atoms with Crippen LogP contribution in [-0.2, 0) is 6.54 Å². The number of rotatable bonds is 4. The Kier molecular flexibility index (Phi) is 4.68. The lowest BCUT2D eigenvalue weighted by Crippen LogP contribution is -2.30. The molecule has 0 aliphatic rings. The minimum absolute atomic E-state index is 0.0145. The van der Waals surface area contributed by atoms with Gasteiger partial charge in [-0.25, -0.2) is 0 Å². The third-order valence-electron chi connectivity index (χ3n) is 2.85. The van der Waals surface area contributed by atoms with Crippen molar-refractivity contribution in [1.82, 2.24) is 9.88 Å². The summed E-state index contributed by atoms with van der Waals surface area (Å²) in [5.41, 5.74) is 1.57. The van der Waals surface area contributed by atoms with Crippen LogP contribution in [0.25, 0.3) is 0 Å². The number of nitrogens with zero attached hydrogens (tertiary/aromatic N) is 2. The van der Waals surface area contributed by atoms with Crippen LogP contribution in [0.4, 0.5) is 0 Å². The van der Waals surface area contributed by atoms with Gasteiger partial charge in [0.15, 0.2) is 0 Å². The van der Waals surface area contributed by atoms with Gasteiger partial charge in [0.25, 0.3) is 5.91 Å². The molecule has 0 radical (unpaired) electrons. The van der Waals surface area contributed by atoms with Crippen LogP contribution in [0.5, 0.6) is 0 Å². The molecule has 1 heterocycles. The molecule has 4 heteroatoms. The topological polar surface area (TPSA) is 33.2 Å². The van der Waals surface area contributed by atoms with Crippen molar-refractivity contribution in [2.24, 2.45) is 0 Å². The van der Waals surface area contributed by atoms with Gasteiger partial charge in [0.1, 0.15) is 0 Å². The minimum atomic E-state index is 0.0145. The summed E-state index contributed by atoms with van der Waals surface area (Å²) in [6.07, 6.45) is 1.74. The molecule has 0 saturated carbocycles. The van der Waals surface area contributed by atoms with Gasteiger partial charge in [-0.3, -0.25) is 9.78 Å². The summed E-state index contributed by atoms with van der Waals surface area (Å²) >= 11 is 3.42. The van der Waals surface area contributed by atoms with E-state index in [0.29, 0.717) is 18.7 Å². The predicted molar refractivity (Wildman–Crippen MR) is 78.8 cm³/mol. The highest BCUT2D eigenvalue weighted by atomic mass is 79.9. The highest BCUT2D eigenvalue weighted by Gasteiger charge is 2.16. The Morgan fingerprint density at radius 3 is 2.58 bits per heavy atom. The third kappa shape index (κ3) is 3.41. The fraction of sp³-hybridized carbons (Fsp3) is 0.200. The van der Waals surface area contributed by atoms with Gasteiger partial charge in [0.2, 0.25) is 0 Å². The summed E-state index contributed by atoms with van der Waals surface area (Å²) in [6.45, 7) is 3.14. The third-order valence-corrected chi connectivity index (χ3v) is 3.54. The van der Waals surface area contributed by atoms with Crippen molar-refractivity contribution in [1.29, 1.82) is 0 Å². The molecule has 0 saturated heterocycles. The molecule has 0 bridgehead atoms. The van der Waals surface area contributed by atoms with Gasteiger partial charge in [-0.05, 0) is 47.1 Å². The largest absolute Gasteiger partial charge is 0.333 e. The number of amides is 1. The fourth-order valence-corrected chi connectivity index (χ4v) is 2.27. The Balaban J connectivity index is 2.18. The molecule has 0 N–H and O–H groups in total. The summed E-state index contributed by atoms with van der Waals surface area (Å²) in [4.78, 5) is 18.5. The predicted octanol–water partition coefficient (Wildman–Crippen LogP) is 3.51. The van der Waals surface area contributed by atoms with E-state index in [4.69, 9.17) is 0 Å². The molecule has 0 atom stereocenters. The van der Waals surface area contributed by atoms with Gasteiger partial charge < -0.3 is 4.90 Å². The second-order valence-corrected chi connectivity index (χ2v) is 4.97. The first-order chi connectivity index (χ1) is 9.22. The maximum Gasteiger partial charge on any atom is 0.255 e. The fourth-order valence-electron chi connectivity index (χ4n) is 1.82. The first-order valence-electron chi connectivity index (χ1n) is 6.16. The summed E-state index contributed by atoms with van der Waals surface area (Å²) in [6, 6.07) is 13.2. The van der Waals surface area contributed by atoms with Crippen LogP contribution in [0.3, 0.4) is 0 Å². The van der Waals surface area contributed by atoms with E-state index in [9.17, 15) is 4.79 Å². The summed E-state index contributed by atoms with van der Waals surface area (Å²) < 4.78 is 0.819. The van der Waals surface area contributed by atoms with E-state index in [1.54, 1.807) is 11.1 Å². The molecule has 0 fully saturated rings. The van der Waals surface area contributed by atoms with Crippen LogP contribution < -0.4 is 0 Å². The highest BCUT2D eigenvalue weighted by Crippen LogP contribution is 2.18. The molecule has 98 valence electrons. The summed E-state index contributed by atoms with van der Waals surface area (Å²) in [7, 11) is 0. The number of carbonyl (C=O) groups excluding carboxylic acids is 1. The van der Waals surface area contributed by atoms with Gasteiger partial charge in [-0.2, -0.15) is 0 Å². The van der Waals surface area contributed by atoms with Gasteiger partial charge in [0, 0.05) is 17.2 Å².